The Morgan fingerprint density at radius 2 is 1.50 bits per heavy atom. The molecule has 0 saturated heterocycles. The van der Waals surface area contributed by atoms with Crippen LogP contribution in [0, 0.1) is 0 Å². The van der Waals surface area contributed by atoms with E-state index in [-0.39, 0.29) is 14.9 Å². The van der Waals surface area contributed by atoms with E-state index in [1.54, 1.807) is 0 Å². The minimum absolute atomic E-state index is 0. The molecule has 0 aliphatic heterocycles. The predicted octanol–water partition coefficient (Wildman–Crippen LogP) is 3.42. The first-order valence-corrected chi connectivity index (χ1v) is 2.77. The molecule has 0 heterocycles. The van der Waals surface area contributed by atoms with Crippen LogP contribution in [0.15, 0.2) is 0 Å². The maximum Gasteiger partial charge on any atom is 0.133 e. The fourth-order valence-corrected chi connectivity index (χ4v) is 0.577. The van der Waals surface area contributed by atoms with Crippen LogP contribution in [0.25, 0.3) is 0 Å². The summed E-state index contributed by atoms with van der Waals surface area (Å²) in [6.07, 6.45) is 2.71. The van der Waals surface area contributed by atoms with Crippen LogP contribution in [0.1, 0.15) is 28.2 Å². The van der Waals surface area contributed by atoms with E-state index in [0.29, 0.717) is 0 Å². The lowest BCUT2D eigenvalue weighted by Crippen LogP contribution is -1.95. The molecule has 0 aromatic carbocycles. The van der Waals surface area contributed by atoms with Crippen molar-refractivity contribution >= 4 is 6.71 Å². The molecule has 0 atom stereocenters. The highest BCUT2D eigenvalue weighted by atomic mass is 13.6. The minimum atomic E-state index is 0. The van der Waals surface area contributed by atoms with Crippen LogP contribution in [-0.4, -0.2) is 6.71 Å². The van der Waals surface area contributed by atoms with Gasteiger partial charge in [-0.25, -0.2) is 0 Å². The van der Waals surface area contributed by atoms with E-state index in [1.807, 2.05) is 0 Å². The van der Waals surface area contributed by atoms with Crippen LogP contribution in [-0.2, 0) is 0 Å². The van der Waals surface area contributed by atoms with Gasteiger partial charge in [-0.15, -0.1) is 0 Å². The Morgan fingerprint density at radius 3 is 1.50 bits per heavy atom. The largest absolute Gasteiger partial charge is 0.133 e. The van der Waals surface area contributed by atoms with E-state index >= 15 is 0 Å². The van der Waals surface area contributed by atoms with Gasteiger partial charge in [0.1, 0.15) is 6.71 Å². The summed E-state index contributed by atoms with van der Waals surface area (Å²) in [5.74, 6) is 0. The molecule has 0 aromatic rings. The zero-order valence-corrected chi connectivity index (χ0v) is 4.99. The fourth-order valence-electron chi connectivity index (χ4n) is 0.577. The van der Waals surface area contributed by atoms with Crippen molar-refractivity contribution in [3.8, 4) is 0 Å². The van der Waals surface area contributed by atoms with E-state index in [9.17, 15) is 0 Å². The smallest absolute Gasteiger partial charge is 0.0863 e. The molecular formula is C7H21B. The molecule has 1 heteroatoms. The second-order valence-electron chi connectivity index (χ2n) is 2.18. The lowest BCUT2D eigenvalue weighted by Gasteiger charge is -1.91. The molecule has 0 spiro atoms. The van der Waals surface area contributed by atoms with Crippen molar-refractivity contribution in [1.29, 1.82) is 0 Å². The molecule has 0 rings (SSSR count). The molecule has 0 aromatic heterocycles. The maximum atomic E-state index is 2.25. The van der Waals surface area contributed by atoms with Crippen molar-refractivity contribution in [2.75, 3.05) is 0 Å². The Kier molecular flexibility index (Phi) is 19.9. The Balaban J connectivity index is -0.000000125. The first kappa shape index (κ1) is 15.7. The molecule has 0 saturated carbocycles. The topological polar surface area (TPSA) is 0 Å². The van der Waals surface area contributed by atoms with Crippen LogP contribution in [0.5, 0.6) is 0 Å². The molecule has 8 heavy (non-hydrogen) atoms. The zero-order valence-electron chi connectivity index (χ0n) is 4.99. The molecule has 0 amide bonds. The van der Waals surface area contributed by atoms with Gasteiger partial charge in [0.2, 0.25) is 0 Å². The average Bonchev–Trinajstić information content (AvgIpc) is 1.35. The summed E-state index contributed by atoms with van der Waals surface area (Å²) in [5.41, 5.74) is 0. The molecule has 0 radical (unpaired) electrons. The van der Waals surface area contributed by atoms with Crippen molar-refractivity contribution in [3.63, 3.8) is 0 Å². The highest BCUT2D eigenvalue weighted by Crippen LogP contribution is 1.92. The van der Waals surface area contributed by atoms with Crippen LogP contribution < -0.4 is 0 Å². The third-order valence-electron chi connectivity index (χ3n) is 0.866. The summed E-state index contributed by atoms with van der Waals surface area (Å²) in [4.78, 5) is 0. The van der Waals surface area contributed by atoms with Gasteiger partial charge in [-0.2, -0.15) is 0 Å². The summed E-state index contributed by atoms with van der Waals surface area (Å²) >= 11 is 0. The Bertz CT molecular complexity index is 25.6. The highest BCUT2D eigenvalue weighted by molar-refractivity contribution is 6.55. The summed E-state index contributed by atoms with van der Waals surface area (Å²) < 4.78 is 0. The standard InChI is InChI=1S/C5H13B.2CH4/c1-4-5-6(2)3;;/h4-5H2,1-3H3;2*1H4. The van der Waals surface area contributed by atoms with Gasteiger partial charge in [0.25, 0.3) is 0 Å². The van der Waals surface area contributed by atoms with E-state index < -0.39 is 0 Å². The predicted molar refractivity (Wildman–Crippen MR) is 46.0 cm³/mol. The van der Waals surface area contributed by atoms with E-state index in [1.165, 1.54) is 12.7 Å². The van der Waals surface area contributed by atoms with Crippen molar-refractivity contribution < 1.29 is 0 Å². The van der Waals surface area contributed by atoms with Gasteiger partial charge in [0.15, 0.2) is 0 Å². The SMILES string of the molecule is C.C.CCCB(C)C. The van der Waals surface area contributed by atoms with E-state index in [2.05, 4.69) is 20.6 Å². The lowest BCUT2D eigenvalue weighted by molar-refractivity contribution is 1.06. The Labute approximate surface area is 55.8 Å². The van der Waals surface area contributed by atoms with Gasteiger partial charge < -0.3 is 0 Å². The van der Waals surface area contributed by atoms with Gasteiger partial charge >= 0.3 is 0 Å². The van der Waals surface area contributed by atoms with Gasteiger partial charge in [-0.05, 0) is 0 Å². The van der Waals surface area contributed by atoms with Gasteiger partial charge in [0.05, 0.1) is 0 Å². The fraction of sp³-hybridized carbons (Fsp3) is 1.00. The number of hydrogen-bond acceptors (Lipinski definition) is 0. The van der Waals surface area contributed by atoms with Crippen molar-refractivity contribution in [2.45, 2.75) is 48.2 Å². The average molecular weight is 116 g/mol. The Hall–Kier alpha value is 0.0649. The van der Waals surface area contributed by atoms with Gasteiger partial charge in [0, 0.05) is 0 Å². The van der Waals surface area contributed by atoms with Crippen LogP contribution >= 0.6 is 0 Å². The molecular weight excluding hydrogens is 94.9 g/mol. The van der Waals surface area contributed by atoms with E-state index in [4.69, 9.17) is 0 Å². The molecule has 0 aliphatic rings. The number of hydrogen-bond donors (Lipinski definition) is 0. The molecule has 0 aliphatic carbocycles. The number of rotatable bonds is 2. The summed E-state index contributed by atoms with van der Waals surface area (Å²) in [5, 5.41) is 0. The normalized spacial score (nSPS) is 6.38. The second-order valence-corrected chi connectivity index (χ2v) is 2.18. The third-order valence-corrected chi connectivity index (χ3v) is 0.866. The summed E-state index contributed by atoms with van der Waals surface area (Å²) in [7, 11) is 0. The first-order chi connectivity index (χ1) is 2.77. The second kappa shape index (κ2) is 10.1. The molecule has 0 fully saturated rings. The van der Waals surface area contributed by atoms with Crippen LogP contribution in [0.2, 0.25) is 20.0 Å². The molecule has 0 unspecified atom stereocenters. The zero-order chi connectivity index (χ0) is 4.99. The van der Waals surface area contributed by atoms with Gasteiger partial charge in [-0.1, -0.05) is 48.2 Å². The van der Waals surface area contributed by atoms with Crippen molar-refractivity contribution in [1.82, 2.24) is 0 Å². The molecule has 0 N–H and O–H groups in total. The first-order valence-electron chi connectivity index (χ1n) is 2.77. The van der Waals surface area contributed by atoms with Gasteiger partial charge in [-0.3, -0.25) is 0 Å². The third kappa shape index (κ3) is 16.6. The van der Waals surface area contributed by atoms with E-state index in [0.717, 1.165) is 6.71 Å². The monoisotopic (exact) mass is 116 g/mol. The summed E-state index contributed by atoms with van der Waals surface area (Å²) in [6.45, 7) is 7.63. The minimum Gasteiger partial charge on any atom is -0.0863 e. The van der Waals surface area contributed by atoms with Crippen LogP contribution in [0.3, 0.4) is 0 Å². The molecule has 0 nitrogen and oxygen atoms in total. The van der Waals surface area contributed by atoms with Crippen molar-refractivity contribution in [2.24, 2.45) is 0 Å². The van der Waals surface area contributed by atoms with Crippen LogP contribution in [0.4, 0.5) is 0 Å². The molecule has 0 bridgehead atoms. The maximum absolute atomic E-state index is 2.25. The summed E-state index contributed by atoms with van der Waals surface area (Å²) in [6, 6.07) is 0. The Morgan fingerprint density at radius 1 is 1.12 bits per heavy atom. The lowest BCUT2D eigenvalue weighted by atomic mass is 9.52. The highest BCUT2D eigenvalue weighted by Gasteiger charge is 1.91. The molecule has 52 valence electrons. The quantitative estimate of drug-likeness (QED) is 0.485. The van der Waals surface area contributed by atoms with Crippen molar-refractivity contribution in [3.05, 3.63) is 0 Å².